The highest BCUT2D eigenvalue weighted by molar-refractivity contribution is 5.43. The minimum absolute atomic E-state index is 0.0711. The lowest BCUT2D eigenvalue weighted by atomic mass is 10.1. The number of aromatic nitrogens is 1. The molecule has 0 radical (unpaired) electrons. The zero-order valence-corrected chi connectivity index (χ0v) is 12.1. The van der Waals surface area contributed by atoms with Crippen LogP contribution in [0.3, 0.4) is 0 Å². The van der Waals surface area contributed by atoms with Gasteiger partial charge in [0.25, 0.3) is 0 Å². The lowest BCUT2D eigenvalue weighted by Gasteiger charge is -2.36. The van der Waals surface area contributed by atoms with Crippen molar-refractivity contribution in [1.82, 2.24) is 4.98 Å². The van der Waals surface area contributed by atoms with Crippen molar-refractivity contribution in [2.75, 3.05) is 18.0 Å². The zero-order chi connectivity index (χ0) is 13.8. The van der Waals surface area contributed by atoms with Gasteiger partial charge in [-0.05, 0) is 38.0 Å². The summed E-state index contributed by atoms with van der Waals surface area (Å²) in [6, 6.07) is 3.99. The molecule has 106 valence electrons. The smallest absolute Gasteiger partial charge is 0.129 e. The molecule has 0 aliphatic carbocycles. The van der Waals surface area contributed by atoms with E-state index in [1.165, 1.54) is 0 Å². The Hall–Kier alpha value is -1.13. The predicted octanol–water partition coefficient (Wildman–Crippen LogP) is 2.14. The highest BCUT2D eigenvalue weighted by Crippen LogP contribution is 2.21. The number of nitrogens with zero attached hydrogens (tertiary/aromatic N) is 2. The molecule has 0 spiro atoms. The van der Waals surface area contributed by atoms with Gasteiger partial charge in [0.1, 0.15) is 5.82 Å². The first kappa shape index (κ1) is 14.3. The summed E-state index contributed by atoms with van der Waals surface area (Å²) in [5.41, 5.74) is 2.01. The molecule has 1 N–H and O–H groups in total. The quantitative estimate of drug-likeness (QED) is 0.905. The number of aryl methyl sites for hydroxylation is 1. The van der Waals surface area contributed by atoms with E-state index in [2.05, 4.69) is 25.7 Å². The third-order valence-corrected chi connectivity index (χ3v) is 3.36. The van der Waals surface area contributed by atoms with E-state index in [9.17, 15) is 5.11 Å². The zero-order valence-electron chi connectivity index (χ0n) is 12.1. The number of aliphatic hydroxyl groups excluding tert-OH is 1. The van der Waals surface area contributed by atoms with E-state index in [0.29, 0.717) is 0 Å². The highest BCUT2D eigenvalue weighted by atomic mass is 16.5. The van der Waals surface area contributed by atoms with Crippen LogP contribution in [0.1, 0.15) is 38.4 Å². The average molecular weight is 264 g/mol. The molecule has 0 bridgehead atoms. The van der Waals surface area contributed by atoms with Crippen LogP contribution in [0.2, 0.25) is 0 Å². The summed E-state index contributed by atoms with van der Waals surface area (Å²) >= 11 is 0. The van der Waals surface area contributed by atoms with Crippen LogP contribution < -0.4 is 4.90 Å². The van der Waals surface area contributed by atoms with Crippen molar-refractivity contribution in [2.24, 2.45) is 0 Å². The summed E-state index contributed by atoms with van der Waals surface area (Å²) in [6.07, 6.45) is 2.46. The lowest BCUT2D eigenvalue weighted by Crippen LogP contribution is -2.46. The van der Waals surface area contributed by atoms with Gasteiger partial charge in [0.05, 0.1) is 18.8 Å². The Kier molecular flexibility index (Phi) is 4.77. The molecular weight excluding hydrogens is 240 g/mol. The van der Waals surface area contributed by atoms with Gasteiger partial charge in [-0.3, -0.25) is 0 Å². The van der Waals surface area contributed by atoms with Crippen LogP contribution in [0.5, 0.6) is 0 Å². The largest absolute Gasteiger partial charge is 0.392 e. The van der Waals surface area contributed by atoms with E-state index in [1.807, 2.05) is 12.1 Å². The lowest BCUT2D eigenvalue weighted by molar-refractivity contribution is -0.00547. The minimum atomic E-state index is 0.0711. The average Bonchev–Trinajstić information content (AvgIpc) is 2.37. The maximum Gasteiger partial charge on any atom is 0.129 e. The van der Waals surface area contributed by atoms with Gasteiger partial charge in [-0.2, -0.15) is 0 Å². The van der Waals surface area contributed by atoms with E-state index < -0.39 is 0 Å². The van der Waals surface area contributed by atoms with Gasteiger partial charge in [0.2, 0.25) is 0 Å². The Morgan fingerprint density at radius 2 is 2.00 bits per heavy atom. The van der Waals surface area contributed by atoms with Gasteiger partial charge in [-0.25, -0.2) is 4.98 Å². The third-order valence-electron chi connectivity index (χ3n) is 3.36. The van der Waals surface area contributed by atoms with Crippen molar-refractivity contribution in [2.45, 2.75) is 52.4 Å². The van der Waals surface area contributed by atoms with E-state index in [1.54, 1.807) is 0 Å². The van der Waals surface area contributed by atoms with E-state index in [-0.39, 0.29) is 18.8 Å². The van der Waals surface area contributed by atoms with Crippen molar-refractivity contribution in [3.8, 4) is 0 Å². The van der Waals surface area contributed by atoms with Crippen molar-refractivity contribution < 1.29 is 9.84 Å². The topological polar surface area (TPSA) is 45.6 Å². The summed E-state index contributed by atoms with van der Waals surface area (Å²) < 4.78 is 5.75. The molecule has 1 aliphatic heterocycles. The van der Waals surface area contributed by atoms with Gasteiger partial charge >= 0.3 is 0 Å². The molecule has 0 saturated carbocycles. The first-order valence-corrected chi connectivity index (χ1v) is 7.13. The fraction of sp³-hybridized carbons (Fsp3) is 0.667. The van der Waals surface area contributed by atoms with E-state index >= 15 is 0 Å². The van der Waals surface area contributed by atoms with Crippen LogP contribution in [0, 0.1) is 0 Å². The second kappa shape index (κ2) is 6.35. The fourth-order valence-electron chi connectivity index (χ4n) is 2.64. The molecule has 19 heavy (non-hydrogen) atoms. The standard InChI is InChI=1S/C15H24N2O2/c1-4-5-14-6-13(10-18)7-15(16-14)17-8-11(2)19-12(3)9-17/h6-7,11-12,18H,4-5,8-10H2,1-3H3/t11-,12+. The Balaban J connectivity index is 2.24. The molecule has 2 atom stereocenters. The molecule has 4 heteroatoms. The molecule has 0 unspecified atom stereocenters. The van der Waals surface area contributed by atoms with Gasteiger partial charge < -0.3 is 14.7 Å². The van der Waals surface area contributed by atoms with Gasteiger partial charge in [-0.15, -0.1) is 0 Å². The Labute approximate surface area is 115 Å². The van der Waals surface area contributed by atoms with Crippen LogP contribution in [-0.4, -0.2) is 35.4 Å². The number of morpholine rings is 1. The van der Waals surface area contributed by atoms with E-state index in [4.69, 9.17) is 9.72 Å². The fourth-order valence-corrected chi connectivity index (χ4v) is 2.64. The van der Waals surface area contributed by atoms with Gasteiger partial charge in [0, 0.05) is 18.8 Å². The molecule has 4 nitrogen and oxygen atoms in total. The summed E-state index contributed by atoms with van der Waals surface area (Å²) in [5.74, 6) is 0.969. The molecule has 1 aromatic heterocycles. The Morgan fingerprint density at radius 3 is 2.58 bits per heavy atom. The van der Waals surface area contributed by atoms with Crippen LogP contribution in [0.15, 0.2) is 12.1 Å². The number of hydrogen-bond donors (Lipinski definition) is 1. The van der Waals surface area contributed by atoms with Crippen molar-refractivity contribution in [3.05, 3.63) is 23.4 Å². The Bertz CT molecular complexity index is 413. The minimum Gasteiger partial charge on any atom is -0.392 e. The maximum atomic E-state index is 9.39. The second-order valence-electron chi connectivity index (χ2n) is 5.40. The maximum absolute atomic E-state index is 9.39. The molecule has 1 fully saturated rings. The Morgan fingerprint density at radius 1 is 1.32 bits per heavy atom. The van der Waals surface area contributed by atoms with Crippen LogP contribution in [0.4, 0.5) is 5.82 Å². The molecule has 1 aliphatic rings. The molecule has 2 heterocycles. The number of rotatable bonds is 4. The summed E-state index contributed by atoms with van der Waals surface area (Å²) in [6.45, 7) is 8.11. The second-order valence-corrected chi connectivity index (χ2v) is 5.40. The van der Waals surface area contributed by atoms with E-state index in [0.717, 1.165) is 43.0 Å². The van der Waals surface area contributed by atoms with Gasteiger partial charge in [-0.1, -0.05) is 13.3 Å². The van der Waals surface area contributed by atoms with Crippen LogP contribution >= 0.6 is 0 Å². The number of anilines is 1. The summed E-state index contributed by atoms with van der Waals surface area (Å²) in [5, 5.41) is 9.39. The molecule has 0 amide bonds. The number of aliphatic hydroxyl groups is 1. The van der Waals surface area contributed by atoms with Crippen molar-refractivity contribution in [1.29, 1.82) is 0 Å². The molecular formula is C15H24N2O2. The molecule has 1 saturated heterocycles. The highest BCUT2D eigenvalue weighted by Gasteiger charge is 2.23. The summed E-state index contributed by atoms with van der Waals surface area (Å²) in [7, 11) is 0. The monoisotopic (exact) mass is 264 g/mol. The SMILES string of the molecule is CCCc1cc(CO)cc(N2C[C@@H](C)O[C@@H](C)C2)n1. The van der Waals surface area contributed by atoms with Crippen LogP contribution in [0.25, 0.3) is 0 Å². The van der Waals surface area contributed by atoms with Crippen molar-refractivity contribution >= 4 is 5.82 Å². The normalized spacial score (nSPS) is 23.7. The first-order valence-electron chi connectivity index (χ1n) is 7.13. The number of pyridine rings is 1. The number of hydrogen-bond acceptors (Lipinski definition) is 4. The molecule has 0 aromatic carbocycles. The molecule has 2 rings (SSSR count). The number of ether oxygens (including phenoxy) is 1. The predicted molar refractivity (Wildman–Crippen MR) is 76.4 cm³/mol. The molecule has 1 aromatic rings. The first-order chi connectivity index (χ1) is 9.12. The third kappa shape index (κ3) is 3.67. The van der Waals surface area contributed by atoms with Crippen LogP contribution in [-0.2, 0) is 17.8 Å². The van der Waals surface area contributed by atoms with Crippen molar-refractivity contribution in [3.63, 3.8) is 0 Å². The van der Waals surface area contributed by atoms with Gasteiger partial charge in [0.15, 0.2) is 0 Å². The summed E-state index contributed by atoms with van der Waals surface area (Å²) in [4.78, 5) is 6.98.